The fourth-order valence-electron chi connectivity index (χ4n) is 2.78. The number of amides is 3. The van der Waals surface area contributed by atoms with E-state index in [-0.39, 0.29) is 18.0 Å². The molecular weight excluding hydrogens is 204 g/mol. The minimum absolute atomic E-state index is 0.00519. The molecule has 1 heterocycles. The molecule has 90 valence electrons. The highest BCUT2D eigenvalue weighted by molar-refractivity contribution is 6.07. The summed E-state index contributed by atoms with van der Waals surface area (Å²) in [6.45, 7) is 3.76. The lowest BCUT2D eigenvalue weighted by atomic mass is 9.90. The molecular formula is C12H20N2O2. The standard InChI is InChI=1S/C12H20N2O2/c1-9(2)14-10(15)12(13-11(14)16)7-5-3-4-6-8-12/h9H,3-8H2,1-2H3,(H,13,16). The third-order valence-electron chi connectivity index (χ3n) is 3.67. The highest BCUT2D eigenvalue weighted by Crippen LogP contribution is 2.33. The molecule has 0 unspecified atom stereocenters. The van der Waals surface area contributed by atoms with Gasteiger partial charge in [-0.05, 0) is 26.7 Å². The van der Waals surface area contributed by atoms with E-state index in [1.54, 1.807) is 0 Å². The van der Waals surface area contributed by atoms with Gasteiger partial charge < -0.3 is 5.32 Å². The molecule has 0 atom stereocenters. The van der Waals surface area contributed by atoms with Crippen molar-refractivity contribution >= 4 is 11.9 Å². The molecule has 1 aliphatic carbocycles. The SMILES string of the molecule is CC(C)N1C(=O)NC2(CCCCCC2)C1=O. The van der Waals surface area contributed by atoms with Gasteiger partial charge in [-0.3, -0.25) is 9.69 Å². The third-order valence-corrected chi connectivity index (χ3v) is 3.67. The smallest absolute Gasteiger partial charge is 0.323 e. The zero-order chi connectivity index (χ0) is 11.8. The van der Waals surface area contributed by atoms with Gasteiger partial charge in [-0.25, -0.2) is 4.79 Å². The van der Waals surface area contributed by atoms with Gasteiger partial charge in [0.05, 0.1) is 0 Å². The molecule has 16 heavy (non-hydrogen) atoms. The molecule has 3 amide bonds. The van der Waals surface area contributed by atoms with Crippen molar-refractivity contribution in [2.24, 2.45) is 0 Å². The van der Waals surface area contributed by atoms with Crippen molar-refractivity contribution in [3.8, 4) is 0 Å². The molecule has 0 aromatic heterocycles. The Balaban J connectivity index is 2.23. The Bertz CT molecular complexity index is 304. The molecule has 1 spiro atoms. The second-order valence-corrected chi connectivity index (χ2v) is 5.20. The molecule has 2 aliphatic rings. The number of hydrogen-bond donors (Lipinski definition) is 1. The molecule has 2 rings (SSSR count). The molecule has 0 aromatic rings. The van der Waals surface area contributed by atoms with Gasteiger partial charge in [-0.1, -0.05) is 25.7 Å². The average molecular weight is 224 g/mol. The van der Waals surface area contributed by atoms with Crippen LogP contribution in [0.5, 0.6) is 0 Å². The molecule has 4 nitrogen and oxygen atoms in total. The van der Waals surface area contributed by atoms with Crippen LogP contribution in [0.2, 0.25) is 0 Å². The topological polar surface area (TPSA) is 49.4 Å². The molecule has 0 aromatic carbocycles. The minimum Gasteiger partial charge on any atom is -0.323 e. The van der Waals surface area contributed by atoms with Crippen LogP contribution in [-0.2, 0) is 4.79 Å². The van der Waals surface area contributed by atoms with E-state index in [0.29, 0.717) is 0 Å². The molecule has 2 fully saturated rings. The average Bonchev–Trinajstić information content (AvgIpc) is 2.40. The van der Waals surface area contributed by atoms with E-state index in [1.807, 2.05) is 13.8 Å². The van der Waals surface area contributed by atoms with Crippen molar-refractivity contribution < 1.29 is 9.59 Å². The van der Waals surface area contributed by atoms with Crippen LogP contribution in [-0.4, -0.2) is 28.4 Å². The lowest BCUT2D eigenvalue weighted by Crippen LogP contribution is -2.47. The van der Waals surface area contributed by atoms with Crippen LogP contribution >= 0.6 is 0 Å². The molecule has 0 radical (unpaired) electrons. The first kappa shape index (κ1) is 11.4. The van der Waals surface area contributed by atoms with Crippen LogP contribution in [0.15, 0.2) is 0 Å². The van der Waals surface area contributed by atoms with E-state index < -0.39 is 5.54 Å². The predicted molar refractivity (Wildman–Crippen MR) is 60.9 cm³/mol. The van der Waals surface area contributed by atoms with Gasteiger partial charge in [0.15, 0.2) is 0 Å². The van der Waals surface area contributed by atoms with E-state index in [2.05, 4.69) is 5.32 Å². The van der Waals surface area contributed by atoms with Crippen LogP contribution in [0, 0.1) is 0 Å². The fourth-order valence-corrected chi connectivity index (χ4v) is 2.78. The summed E-state index contributed by atoms with van der Waals surface area (Å²) in [5.74, 6) is -0.00519. The molecule has 1 saturated heterocycles. The van der Waals surface area contributed by atoms with Crippen LogP contribution in [0.3, 0.4) is 0 Å². The largest absolute Gasteiger partial charge is 0.325 e. The molecule has 1 aliphatic heterocycles. The van der Waals surface area contributed by atoms with Gasteiger partial charge in [-0.2, -0.15) is 0 Å². The van der Waals surface area contributed by atoms with Crippen LogP contribution in [0.25, 0.3) is 0 Å². The van der Waals surface area contributed by atoms with Crippen LogP contribution in [0.4, 0.5) is 4.79 Å². The lowest BCUT2D eigenvalue weighted by molar-refractivity contribution is -0.132. The van der Waals surface area contributed by atoms with Gasteiger partial charge in [-0.15, -0.1) is 0 Å². The Morgan fingerprint density at radius 3 is 2.12 bits per heavy atom. The number of carbonyl (C=O) groups is 2. The Labute approximate surface area is 96.4 Å². The summed E-state index contributed by atoms with van der Waals surface area (Å²) in [5, 5.41) is 2.93. The van der Waals surface area contributed by atoms with E-state index in [0.717, 1.165) is 25.7 Å². The van der Waals surface area contributed by atoms with Gasteiger partial charge >= 0.3 is 6.03 Å². The van der Waals surface area contributed by atoms with Crippen molar-refractivity contribution in [1.29, 1.82) is 0 Å². The van der Waals surface area contributed by atoms with Gasteiger partial charge in [0.2, 0.25) is 0 Å². The Hall–Kier alpha value is -1.06. The fraction of sp³-hybridized carbons (Fsp3) is 0.833. The van der Waals surface area contributed by atoms with Gasteiger partial charge in [0.25, 0.3) is 5.91 Å². The Morgan fingerprint density at radius 2 is 1.69 bits per heavy atom. The lowest BCUT2D eigenvalue weighted by Gasteiger charge is -2.25. The first-order valence-corrected chi connectivity index (χ1v) is 6.23. The maximum Gasteiger partial charge on any atom is 0.325 e. The number of urea groups is 1. The molecule has 1 N–H and O–H groups in total. The van der Waals surface area contributed by atoms with E-state index in [9.17, 15) is 9.59 Å². The number of carbonyl (C=O) groups excluding carboxylic acids is 2. The van der Waals surface area contributed by atoms with E-state index in [4.69, 9.17) is 0 Å². The predicted octanol–water partition coefficient (Wildman–Crippen LogP) is 2.04. The highest BCUT2D eigenvalue weighted by atomic mass is 16.2. The maximum absolute atomic E-state index is 12.3. The number of nitrogens with one attached hydrogen (secondary N) is 1. The number of imide groups is 1. The van der Waals surface area contributed by atoms with E-state index in [1.165, 1.54) is 17.7 Å². The zero-order valence-corrected chi connectivity index (χ0v) is 10.1. The Morgan fingerprint density at radius 1 is 1.12 bits per heavy atom. The molecule has 1 saturated carbocycles. The van der Waals surface area contributed by atoms with Crippen LogP contribution < -0.4 is 5.32 Å². The first-order chi connectivity index (χ1) is 7.57. The van der Waals surface area contributed by atoms with E-state index >= 15 is 0 Å². The van der Waals surface area contributed by atoms with Crippen LogP contribution in [0.1, 0.15) is 52.4 Å². The summed E-state index contributed by atoms with van der Waals surface area (Å²) in [6, 6.07) is -0.253. The summed E-state index contributed by atoms with van der Waals surface area (Å²) < 4.78 is 0. The van der Waals surface area contributed by atoms with Crippen molar-refractivity contribution in [2.75, 3.05) is 0 Å². The highest BCUT2D eigenvalue weighted by Gasteiger charge is 2.51. The van der Waals surface area contributed by atoms with Crippen molar-refractivity contribution in [3.05, 3.63) is 0 Å². The quantitative estimate of drug-likeness (QED) is 0.693. The van der Waals surface area contributed by atoms with Crippen molar-refractivity contribution in [2.45, 2.75) is 64.0 Å². The first-order valence-electron chi connectivity index (χ1n) is 6.23. The third kappa shape index (κ3) is 1.70. The summed E-state index contributed by atoms with van der Waals surface area (Å²) in [7, 11) is 0. The number of hydrogen-bond acceptors (Lipinski definition) is 2. The number of rotatable bonds is 1. The zero-order valence-electron chi connectivity index (χ0n) is 10.1. The van der Waals surface area contributed by atoms with Crippen molar-refractivity contribution in [1.82, 2.24) is 10.2 Å². The van der Waals surface area contributed by atoms with Gasteiger partial charge in [0.1, 0.15) is 5.54 Å². The molecule has 0 bridgehead atoms. The minimum atomic E-state index is -0.572. The second kappa shape index (κ2) is 4.07. The monoisotopic (exact) mass is 224 g/mol. The summed E-state index contributed by atoms with van der Waals surface area (Å²) in [4.78, 5) is 25.5. The summed E-state index contributed by atoms with van der Waals surface area (Å²) in [6.07, 6.45) is 6.04. The maximum atomic E-state index is 12.3. The second-order valence-electron chi connectivity index (χ2n) is 5.20. The van der Waals surface area contributed by atoms with Gasteiger partial charge in [0, 0.05) is 6.04 Å². The number of nitrogens with zero attached hydrogens (tertiary/aromatic N) is 1. The summed E-state index contributed by atoms with van der Waals surface area (Å²) >= 11 is 0. The summed E-state index contributed by atoms with van der Waals surface area (Å²) in [5.41, 5.74) is -0.572. The van der Waals surface area contributed by atoms with Crippen molar-refractivity contribution in [3.63, 3.8) is 0 Å². The Kier molecular flexibility index (Phi) is 2.91. The normalized spacial score (nSPS) is 25.1. The molecule has 4 heteroatoms.